The normalized spacial score (nSPS) is 19.4. The van der Waals surface area contributed by atoms with Gasteiger partial charge in [0.2, 0.25) is 0 Å². The van der Waals surface area contributed by atoms with Crippen LogP contribution >= 0.6 is 0 Å². The van der Waals surface area contributed by atoms with E-state index < -0.39 is 0 Å². The second kappa shape index (κ2) is 10.0. The van der Waals surface area contributed by atoms with Crippen molar-refractivity contribution in [3.63, 3.8) is 0 Å². The molecule has 28 heavy (non-hydrogen) atoms. The van der Waals surface area contributed by atoms with Gasteiger partial charge < -0.3 is 4.90 Å². The first-order valence-electron chi connectivity index (χ1n) is 9.87. The molecule has 0 aromatic heterocycles. The maximum atomic E-state index is 13.9. The van der Waals surface area contributed by atoms with E-state index >= 15 is 0 Å². The zero-order valence-corrected chi connectivity index (χ0v) is 16.7. The molecule has 2 unspecified atom stereocenters. The molecule has 0 heterocycles. The molecule has 1 nitrogen and oxygen atoms in total. The molecule has 0 amide bonds. The fourth-order valence-electron chi connectivity index (χ4n) is 3.65. The summed E-state index contributed by atoms with van der Waals surface area (Å²) in [6.45, 7) is 3.91. The highest BCUT2D eigenvalue weighted by Gasteiger charge is 2.21. The molecular weight excluding hydrogens is 345 g/mol. The second-order valence-electron chi connectivity index (χ2n) is 7.52. The van der Waals surface area contributed by atoms with Gasteiger partial charge in [0.05, 0.1) is 0 Å². The number of nitrogens with zero attached hydrogens (tertiary/aromatic N) is 1. The van der Waals surface area contributed by atoms with Crippen molar-refractivity contribution in [3.8, 4) is 0 Å². The third-order valence-corrected chi connectivity index (χ3v) is 5.17. The number of hydrogen-bond acceptors (Lipinski definition) is 1. The van der Waals surface area contributed by atoms with Crippen LogP contribution in [0.4, 0.5) is 4.39 Å². The van der Waals surface area contributed by atoms with E-state index in [2.05, 4.69) is 61.1 Å². The Morgan fingerprint density at radius 2 is 2.04 bits per heavy atom. The van der Waals surface area contributed by atoms with Crippen LogP contribution in [0.3, 0.4) is 0 Å². The van der Waals surface area contributed by atoms with Crippen molar-refractivity contribution >= 4 is 0 Å². The number of benzene rings is 1. The van der Waals surface area contributed by atoms with Gasteiger partial charge in [-0.05, 0) is 68.3 Å². The first-order valence-corrected chi connectivity index (χ1v) is 9.87. The van der Waals surface area contributed by atoms with Crippen LogP contribution in [0, 0.1) is 11.7 Å². The van der Waals surface area contributed by atoms with Crippen LogP contribution in [-0.4, -0.2) is 25.0 Å². The highest BCUT2D eigenvalue weighted by atomic mass is 19.1. The van der Waals surface area contributed by atoms with Gasteiger partial charge in [-0.1, -0.05) is 66.3 Å². The minimum atomic E-state index is -0.168. The lowest BCUT2D eigenvalue weighted by molar-refractivity contribution is 0.335. The maximum absolute atomic E-state index is 13.9. The Kier molecular flexibility index (Phi) is 7.19. The van der Waals surface area contributed by atoms with Gasteiger partial charge >= 0.3 is 0 Å². The molecule has 0 saturated carbocycles. The van der Waals surface area contributed by atoms with Gasteiger partial charge in [0.25, 0.3) is 0 Å². The molecule has 2 heteroatoms. The summed E-state index contributed by atoms with van der Waals surface area (Å²) in [6, 6.07) is 7.06. The molecule has 0 fully saturated rings. The van der Waals surface area contributed by atoms with E-state index in [9.17, 15) is 4.39 Å². The van der Waals surface area contributed by atoms with Gasteiger partial charge in [0, 0.05) is 12.5 Å². The monoisotopic (exact) mass is 373 g/mol. The molecule has 3 rings (SSSR count). The molecule has 2 atom stereocenters. The van der Waals surface area contributed by atoms with Crippen molar-refractivity contribution in [1.29, 1.82) is 0 Å². The van der Waals surface area contributed by atoms with Crippen LogP contribution in [0.2, 0.25) is 0 Å². The molecule has 0 radical (unpaired) electrons. The second-order valence-corrected chi connectivity index (χ2v) is 7.52. The van der Waals surface area contributed by atoms with Gasteiger partial charge in [-0.15, -0.1) is 5.73 Å². The SMILES string of the molecule is CC1=CC=CC(C(CCN(C)CC2=CC=CC=C=C2)c2cccc(F)c2)C=C1. The molecule has 1 aromatic carbocycles. The summed E-state index contributed by atoms with van der Waals surface area (Å²) in [4.78, 5) is 2.32. The highest BCUT2D eigenvalue weighted by molar-refractivity contribution is 5.32. The van der Waals surface area contributed by atoms with Crippen LogP contribution in [-0.2, 0) is 0 Å². The fraction of sp³-hybridized carbons (Fsp3) is 0.269. The Morgan fingerprint density at radius 1 is 1.14 bits per heavy atom. The topological polar surface area (TPSA) is 3.24 Å². The molecule has 0 bridgehead atoms. The van der Waals surface area contributed by atoms with Gasteiger partial charge in [-0.3, -0.25) is 0 Å². The van der Waals surface area contributed by atoms with E-state index in [0.29, 0.717) is 0 Å². The first kappa shape index (κ1) is 20.1. The summed E-state index contributed by atoms with van der Waals surface area (Å²) in [6.07, 6.45) is 22.0. The van der Waals surface area contributed by atoms with E-state index in [4.69, 9.17) is 0 Å². The zero-order valence-electron chi connectivity index (χ0n) is 16.7. The Balaban J connectivity index is 1.72. The summed E-state index contributed by atoms with van der Waals surface area (Å²) in [5.74, 6) is 0.328. The van der Waals surface area contributed by atoms with Crippen molar-refractivity contribution in [2.45, 2.75) is 19.3 Å². The lowest BCUT2D eigenvalue weighted by Crippen LogP contribution is -2.25. The third kappa shape index (κ3) is 5.92. The van der Waals surface area contributed by atoms with Gasteiger partial charge in [-0.25, -0.2) is 4.39 Å². The van der Waals surface area contributed by atoms with Gasteiger partial charge in [-0.2, -0.15) is 0 Å². The Morgan fingerprint density at radius 3 is 2.89 bits per heavy atom. The molecule has 0 N–H and O–H groups in total. The van der Waals surface area contributed by atoms with E-state index in [-0.39, 0.29) is 17.7 Å². The Bertz CT molecular complexity index is 891. The fourth-order valence-corrected chi connectivity index (χ4v) is 3.65. The van der Waals surface area contributed by atoms with Crippen molar-refractivity contribution in [2.24, 2.45) is 5.92 Å². The first-order chi connectivity index (χ1) is 13.6. The van der Waals surface area contributed by atoms with Crippen LogP contribution < -0.4 is 0 Å². The van der Waals surface area contributed by atoms with Crippen molar-refractivity contribution in [1.82, 2.24) is 4.90 Å². The van der Waals surface area contributed by atoms with Gasteiger partial charge in [0.15, 0.2) is 0 Å². The predicted molar refractivity (Wildman–Crippen MR) is 117 cm³/mol. The van der Waals surface area contributed by atoms with Crippen molar-refractivity contribution in [3.05, 3.63) is 113 Å². The van der Waals surface area contributed by atoms with E-state index in [0.717, 1.165) is 25.1 Å². The molecule has 1 aromatic rings. The molecule has 2 aliphatic carbocycles. The maximum Gasteiger partial charge on any atom is 0.123 e. The largest absolute Gasteiger partial charge is 0.302 e. The van der Waals surface area contributed by atoms with Crippen LogP contribution in [0.15, 0.2) is 102 Å². The lowest BCUT2D eigenvalue weighted by Gasteiger charge is -2.26. The number of likely N-dealkylation sites (N-methyl/N-ethyl adjacent to an activating group) is 1. The zero-order chi connectivity index (χ0) is 19.8. The summed E-state index contributed by atoms with van der Waals surface area (Å²) in [5, 5.41) is 0. The smallest absolute Gasteiger partial charge is 0.123 e. The molecule has 0 aliphatic heterocycles. The van der Waals surface area contributed by atoms with Crippen LogP contribution in [0.5, 0.6) is 0 Å². The number of halogens is 1. The average Bonchev–Trinajstić information content (AvgIpc) is 3.05. The van der Waals surface area contributed by atoms with Gasteiger partial charge in [0.1, 0.15) is 5.82 Å². The predicted octanol–water partition coefficient (Wildman–Crippen LogP) is 6.13. The van der Waals surface area contributed by atoms with Crippen molar-refractivity contribution < 1.29 is 4.39 Å². The number of hydrogen-bond donors (Lipinski definition) is 0. The Hall–Kier alpha value is -2.67. The third-order valence-electron chi connectivity index (χ3n) is 5.17. The van der Waals surface area contributed by atoms with E-state index in [1.54, 1.807) is 6.07 Å². The summed E-state index contributed by atoms with van der Waals surface area (Å²) >= 11 is 0. The number of allylic oxidation sites excluding steroid dienone is 9. The molecule has 0 spiro atoms. The molecule has 2 aliphatic rings. The highest BCUT2D eigenvalue weighted by Crippen LogP contribution is 2.32. The summed E-state index contributed by atoms with van der Waals surface area (Å²) in [5.41, 5.74) is 6.70. The minimum Gasteiger partial charge on any atom is -0.302 e. The standard InChI is InChI=1S/C26H28FN/c1-21-9-7-12-23(16-15-21)26(24-13-8-14-25(27)19-24)17-18-28(2)20-22-10-5-3-4-6-11-22/h3-5,7-16,19,23,26H,17-18,20H2,1-2H3. The summed E-state index contributed by atoms with van der Waals surface area (Å²) < 4.78 is 13.9. The molecular formula is C26H28FN. The van der Waals surface area contributed by atoms with Crippen LogP contribution in [0.25, 0.3) is 0 Å². The average molecular weight is 374 g/mol. The lowest BCUT2D eigenvalue weighted by atomic mass is 9.83. The molecule has 0 saturated heterocycles. The quantitative estimate of drug-likeness (QED) is 0.520. The van der Waals surface area contributed by atoms with Crippen LogP contribution in [0.1, 0.15) is 24.8 Å². The van der Waals surface area contributed by atoms with E-state index in [1.165, 1.54) is 17.2 Å². The number of rotatable bonds is 7. The summed E-state index contributed by atoms with van der Waals surface area (Å²) in [7, 11) is 2.14. The van der Waals surface area contributed by atoms with E-state index in [1.807, 2.05) is 36.4 Å². The Labute approximate surface area is 168 Å². The molecule has 144 valence electrons. The van der Waals surface area contributed by atoms with Crippen molar-refractivity contribution in [2.75, 3.05) is 20.1 Å². The minimum absolute atomic E-state index is 0.168.